The number of nitrogens with two attached hydrogens (primary N) is 1. The van der Waals surface area contributed by atoms with Gasteiger partial charge in [-0.25, -0.2) is 0 Å². The molecule has 0 unspecified atom stereocenters. The van der Waals surface area contributed by atoms with Crippen LogP contribution in [0, 0.1) is 6.92 Å². The minimum absolute atomic E-state index is 0.154. The molecule has 3 N–H and O–H groups in total. The molecule has 9 heteroatoms. The second kappa shape index (κ2) is 9.27. The van der Waals surface area contributed by atoms with E-state index in [1.54, 1.807) is 30.3 Å². The maximum absolute atomic E-state index is 12.2. The van der Waals surface area contributed by atoms with Crippen LogP contribution in [0.15, 0.2) is 53.4 Å². The van der Waals surface area contributed by atoms with E-state index in [9.17, 15) is 19.2 Å². The molecule has 30 heavy (non-hydrogen) atoms. The Morgan fingerprint density at radius 1 is 1.10 bits per heavy atom. The predicted molar refractivity (Wildman–Crippen MR) is 114 cm³/mol. The molecule has 1 heterocycles. The molecule has 154 valence electrons. The van der Waals surface area contributed by atoms with Crippen molar-refractivity contribution in [1.82, 2.24) is 4.90 Å². The smallest absolute Gasteiger partial charge is 0.294 e. The monoisotopic (exact) mass is 425 g/mol. The van der Waals surface area contributed by atoms with Gasteiger partial charge in [0.2, 0.25) is 5.91 Å². The fraction of sp³-hybridized carbons (Fsp3) is 0.143. The summed E-state index contributed by atoms with van der Waals surface area (Å²) < 4.78 is 5.47. The molecule has 0 saturated carbocycles. The van der Waals surface area contributed by atoms with Crippen LogP contribution in [0.4, 0.5) is 10.5 Å². The van der Waals surface area contributed by atoms with Crippen molar-refractivity contribution in [3.8, 4) is 5.75 Å². The molecule has 2 aromatic rings. The number of benzene rings is 2. The summed E-state index contributed by atoms with van der Waals surface area (Å²) >= 11 is 0.745. The summed E-state index contributed by atoms with van der Waals surface area (Å²) in [4.78, 5) is 48.0. The molecule has 1 saturated heterocycles. The molecule has 3 rings (SSSR count). The largest absolute Gasteiger partial charge is 0.484 e. The van der Waals surface area contributed by atoms with E-state index in [1.807, 2.05) is 31.2 Å². The van der Waals surface area contributed by atoms with Gasteiger partial charge in [0.05, 0.1) is 4.91 Å². The predicted octanol–water partition coefficient (Wildman–Crippen LogP) is 2.53. The number of hydrogen-bond donors (Lipinski definition) is 2. The Kier molecular flexibility index (Phi) is 6.53. The molecule has 4 amide bonds. The van der Waals surface area contributed by atoms with Crippen LogP contribution in [-0.4, -0.2) is 41.0 Å². The molecule has 1 fully saturated rings. The van der Waals surface area contributed by atoms with Crippen molar-refractivity contribution in [2.24, 2.45) is 5.73 Å². The Labute approximate surface area is 177 Å². The first-order valence-corrected chi connectivity index (χ1v) is 9.76. The number of aryl methyl sites for hydroxylation is 1. The zero-order chi connectivity index (χ0) is 21.7. The van der Waals surface area contributed by atoms with Crippen molar-refractivity contribution < 1.29 is 23.9 Å². The molecule has 0 spiro atoms. The second-order valence-corrected chi connectivity index (χ2v) is 7.50. The third-order valence-electron chi connectivity index (χ3n) is 4.07. The molecule has 0 radical (unpaired) electrons. The number of anilines is 1. The van der Waals surface area contributed by atoms with Crippen LogP contribution in [-0.2, 0) is 14.4 Å². The number of imide groups is 1. The number of ether oxygens (including phenoxy) is 1. The van der Waals surface area contributed by atoms with Crippen molar-refractivity contribution in [3.63, 3.8) is 0 Å². The van der Waals surface area contributed by atoms with Crippen molar-refractivity contribution in [1.29, 1.82) is 0 Å². The van der Waals surface area contributed by atoms with Crippen LogP contribution in [0.5, 0.6) is 5.75 Å². The lowest BCUT2D eigenvalue weighted by Crippen LogP contribution is -2.36. The number of rotatable bonds is 7. The maximum atomic E-state index is 12.2. The van der Waals surface area contributed by atoms with Crippen LogP contribution in [0.1, 0.15) is 11.1 Å². The highest BCUT2D eigenvalue weighted by atomic mass is 32.2. The quantitative estimate of drug-likeness (QED) is 0.658. The van der Waals surface area contributed by atoms with Gasteiger partial charge in [0.25, 0.3) is 17.1 Å². The molecule has 2 aromatic carbocycles. The van der Waals surface area contributed by atoms with E-state index in [0.29, 0.717) is 17.0 Å². The zero-order valence-electron chi connectivity index (χ0n) is 16.1. The van der Waals surface area contributed by atoms with Gasteiger partial charge in [0, 0.05) is 5.69 Å². The first-order chi connectivity index (χ1) is 14.3. The fourth-order valence-electron chi connectivity index (χ4n) is 2.59. The maximum Gasteiger partial charge on any atom is 0.294 e. The number of nitrogens with one attached hydrogen (secondary N) is 1. The van der Waals surface area contributed by atoms with Gasteiger partial charge in [-0.2, -0.15) is 0 Å². The van der Waals surface area contributed by atoms with Gasteiger partial charge in [-0.3, -0.25) is 24.1 Å². The van der Waals surface area contributed by atoms with Gasteiger partial charge in [0.15, 0.2) is 6.61 Å². The standard InChI is InChI=1S/C21H19N3O5S/c1-13-2-6-15(7-3-13)23-19(26)12-29-16-8-4-14(5-9-16)10-17-20(27)24(11-18(22)25)21(28)30-17/h2-10H,11-12H2,1H3,(H2,22,25)(H,23,26)/b17-10-. The van der Waals surface area contributed by atoms with Gasteiger partial charge in [-0.1, -0.05) is 29.8 Å². The highest BCUT2D eigenvalue weighted by Crippen LogP contribution is 2.32. The lowest BCUT2D eigenvalue weighted by Gasteiger charge is -2.09. The minimum Gasteiger partial charge on any atom is -0.484 e. The average molecular weight is 425 g/mol. The van der Waals surface area contributed by atoms with Crippen LogP contribution in [0.25, 0.3) is 6.08 Å². The molecule has 0 atom stereocenters. The normalized spacial score (nSPS) is 14.8. The summed E-state index contributed by atoms with van der Waals surface area (Å²) in [5.41, 5.74) is 7.51. The molecule has 1 aliphatic heterocycles. The first kappa shape index (κ1) is 21.1. The van der Waals surface area contributed by atoms with Gasteiger partial charge >= 0.3 is 0 Å². The van der Waals surface area contributed by atoms with Crippen molar-refractivity contribution in [3.05, 3.63) is 64.6 Å². The number of amides is 4. The van der Waals surface area contributed by atoms with E-state index in [4.69, 9.17) is 10.5 Å². The number of carbonyl (C=O) groups excluding carboxylic acids is 4. The average Bonchev–Trinajstić information content (AvgIpc) is 2.96. The Morgan fingerprint density at radius 3 is 2.40 bits per heavy atom. The number of primary amides is 1. The minimum atomic E-state index is -0.758. The molecular formula is C21H19N3O5S. The number of thioether (sulfide) groups is 1. The van der Waals surface area contributed by atoms with E-state index in [0.717, 1.165) is 22.2 Å². The number of carbonyl (C=O) groups is 4. The van der Waals surface area contributed by atoms with E-state index in [2.05, 4.69) is 5.32 Å². The van der Waals surface area contributed by atoms with E-state index >= 15 is 0 Å². The van der Waals surface area contributed by atoms with Gasteiger partial charge in [0.1, 0.15) is 12.3 Å². The van der Waals surface area contributed by atoms with Crippen molar-refractivity contribution >= 4 is 46.5 Å². The Balaban J connectivity index is 1.56. The van der Waals surface area contributed by atoms with E-state index in [-0.39, 0.29) is 17.4 Å². The Hall–Kier alpha value is -3.59. The van der Waals surface area contributed by atoms with E-state index in [1.165, 1.54) is 0 Å². The Morgan fingerprint density at radius 2 is 1.77 bits per heavy atom. The van der Waals surface area contributed by atoms with E-state index < -0.39 is 23.6 Å². The summed E-state index contributed by atoms with van der Waals surface area (Å²) in [6.07, 6.45) is 1.54. The molecule has 8 nitrogen and oxygen atoms in total. The molecule has 1 aliphatic rings. The molecule has 0 aliphatic carbocycles. The third-order valence-corrected chi connectivity index (χ3v) is 4.98. The second-order valence-electron chi connectivity index (χ2n) is 6.51. The van der Waals surface area contributed by atoms with Gasteiger partial charge < -0.3 is 15.8 Å². The summed E-state index contributed by atoms with van der Waals surface area (Å²) in [6, 6.07) is 14.1. The van der Waals surface area contributed by atoms with Crippen LogP contribution in [0.2, 0.25) is 0 Å². The van der Waals surface area contributed by atoms with Crippen molar-refractivity contribution in [2.45, 2.75) is 6.92 Å². The summed E-state index contributed by atoms with van der Waals surface area (Å²) in [5.74, 6) is -1.12. The summed E-state index contributed by atoms with van der Waals surface area (Å²) in [5, 5.41) is 2.21. The Bertz CT molecular complexity index is 1020. The third kappa shape index (κ3) is 5.48. The zero-order valence-corrected chi connectivity index (χ0v) is 16.9. The molecular weight excluding hydrogens is 406 g/mol. The molecule has 0 bridgehead atoms. The highest BCUT2D eigenvalue weighted by molar-refractivity contribution is 8.18. The van der Waals surface area contributed by atoms with Crippen LogP contribution >= 0.6 is 11.8 Å². The summed E-state index contributed by atoms with van der Waals surface area (Å²) in [7, 11) is 0. The van der Waals surface area contributed by atoms with Gasteiger partial charge in [-0.15, -0.1) is 0 Å². The summed E-state index contributed by atoms with van der Waals surface area (Å²) in [6.45, 7) is 1.36. The molecule has 0 aromatic heterocycles. The van der Waals surface area contributed by atoms with Crippen LogP contribution in [0.3, 0.4) is 0 Å². The van der Waals surface area contributed by atoms with Crippen LogP contribution < -0.4 is 15.8 Å². The lowest BCUT2D eigenvalue weighted by molar-refractivity contribution is -0.127. The van der Waals surface area contributed by atoms with Crippen molar-refractivity contribution in [2.75, 3.05) is 18.5 Å². The highest BCUT2D eigenvalue weighted by Gasteiger charge is 2.35. The fourth-order valence-corrected chi connectivity index (χ4v) is 3.42. The number of nitrogens with zero attached hydrogens (tertiary/aromatic N) is 1. The number of hydrogen-bond acceptors (Lipinski definition) is 6. The SMILES string of the molecule is Cc1ccc(NC(=O)COc2ccc(/C=C3\SC(=O)N(CC(N)=O)C3=O)cc2)cc1. The first-order valence-electron chi connectivity index (χ1n) is 8.95. The topological polar surface area (TPSA) is 119 Å². The van der Waals surface area contributed by atoms with Gasteiger partial charge in [-0.05, 0) is 54.6 Å². The lowest BCUT2D eigenvalue weighted by atomic mass is 10.2.